The number of aryl methyl sites for hydroxylation is 1. The Kier molecular flexibility index (Phi) is 1.90. The Morgan fingerprint density at radius 2 is 2.00 bits per heavy atom. The van der Waals surface area contributed by atoms with E-state index in [4.69, 9.17) is 0 Å². The highest BCUT2D eigenvalue weighted by Crippen LogP contribution is 2.35. The molecule has 0 radical (unpaired) electrons. The second-order valence-corrected chi connectivity index (χ2v) is 4.62. The summed E-state index contributed by atoms with van der Waals surface area (Å²) in [6.45, 7) is 1.87. The van der Waals surface area contributed by atoms with Crippen molar-refractivity contribution in [2.24, 2.45) is 0 Å². The maximum absolute atomic E-state index is 11.1. The number of hydrogen-bond acceptors (Lipinski definition) is 6. The second kappa shape index (κ2) is 3.20. The van der Waals surface area contributed by atoms with Crippen molar-refractivity contribution in [1.29, 1.82) is 0 Å². The van der Waals surface area contributed by atoms with Crippen LogP contribution in [0.25, 0.3) is 5.69 Å². The smallest absolute Gasteiger partial charge is 0.326 e. The van der Waals surface area contributed by atoms with Crippen LogP contribution in [0.3, 0.4) is 0 Å². The van der Waals surface area contributed by atoms with Gasteiger partial charge >= 0.3 is 22.2 Å². The van der Waals surface area contributed by atoms with Gasteiger partial charge in [0.1, 0.15) is 0 Å². The minimum absolute atomic E-state index is 0.0284. The first-order valence-corrected chi connectivity index (χ1v) is 6.06. The second-order valence-electron chi connectivity index (χ2n) is 3.47. The van der Waals surface area contributed by atoms with Gasteiger partial charge in [0.25, 0.3) is 0 Å². The average molecular weight is 253 g/mol. The number of benzene rings is 1. The highest BCUT2D eigenvalue weighted by atomic mass is 32.3. The summed E-state index contributed by atoms with van der Waals surface area (Å²) in [6, 6.07) is 7.32. The molecule has 7 nitrogen and oxygen atoms in total. The molecule has 2 aromatic rings. The van der Waals surface area contributed by atoms with Crippen LogP contribution in [-0.2, 0) is 10.4 Å². The van der Waals surface area contributed by atoms with Gasteiger partial charge in [-0.25, -0.2) is 0 Å². The van der Waals surface area contributed by atoms with E-state index in [9.17, 15) is 8.42 Å². The topological polar surface area (TPSA) is 83.3 Å². The van der Waals surface area contributed by atoms with Gasteiger partial charge in [-0.05, 0) is 18.6 Å². The van der Waals surface area contributed by atoms with E-state index >= 15 is 0 Å². The Morgan fingerprint density at radius 1 is 1.24 bits per heavy atom. The van der Waals surface area contributed by atoms with E-state index in [2.05, 4.69) is 18.7 Å². The molecule has 1 aromatic carbocycles. The largest absolute Gasteiger partial charge is 0.504 e. The lowest BCUT2D eigenvalue weighted by Gasteiger charge is -2.04. The first-order valence-electron chi connectivity index (χ1n) is 4.72. The van der Waals surface area contributed by atoms with Gasteiger partial charge in [-0.3, -0.25) is 0 Å². The minimum Gasteiger partial charge on any atom is -0.326 e. The van der Waals surface area contributed by atoms with E-state index in [1.807, 2.05) is 19.1 Å². The van der Waals surface area contributed by atoms with Crippen molar-refractivity contribution in [2.75, 3.05) is 0 Å². The molecule has 0 bridgehead atoms. The maximum Gasteiger partial charge on any atom is 0.504 e. The summed E-state index contributed by atoms with van der Waals surface area (Å²) in [5.74, 6) is -0.174. The third-order valence-electron chi connectivity index (χ3n) is 2.31. The summed E-state index contributed by atoms with van der Waals surface area (Å²) in [5.41, 5.74) is 1.59. The van der Waals surface area contributed by atoms with Crippen LogP contribution in [0.1, 0.15) is 5.56 Å². The molecule has 17 heavy (non-hydrogen) atoms. The molecule has 0 saturated carbocycles. The van der Waals surface area contributed by atoms with Gasteiger partial charge in [-0.2, -0.15) is 4.68 Å². The van der Waals surface area contributed by atoms with Gasteiger partial charge in [0, 0.05) is 0 Å². The van der Waals surface area contributed by atoms with Crippen molar-refractivity contribution in [2.45, 2.75) is 6.92 Å². The predicted molar refractivity (Wildman–Crippen MR) is 56.3 cm³/mol. The fourth-order valence-corrected chi connectivity index (χ4v) is 2.22. The normalized spacial score (nSPS) is 16.1. The van der Waals surface area contributed by atoms with E-state index in [1.54, 1.807) is 12.1 Å². The Labute approximate surface area is 96.9 Å². The van der Waals surface area contributed by atoms with Crippen molar-refractivity contribution in [1.82, 2.24) is 15.0 Å². The third-order valence-corrected chi connectivity index (χ3v) is 3.03. The average Bonchev–Trinajstić information content (AvgIpc) is 2.74. The Balaban J connectivity index is 2.17. The molecule has 1 aromatic heterocycles. The van der Waals surface area contributed by atoms with E-state index < -0.39 is 10.4 Å². The summed E-state index contributed by atoms with van der Waals surface area (Å²) in [4.78, 5) is 0. The molecule has 0 amide bonds. The molecule has 0 atom stereocenters. The molecule has 0 fully saturated rings. The van der Waals surface area contributed by atoms with Crippen LogP contribution in [0.5, 0.6) is 11.8 Å². The molecule has 0 N–H and O–H groups in total. The molecular formula is C9H7N3O4S. The SMILES string of the molecule is Cc1ccccc1-n1nnc2c1OS(=O)(=O)O2. The molecule has 0 saturated heterocycles. The number of fused-ring (bicyclic) bond motifs is 1. The zero-order valence-corrected chi connectivity index (χ0v) is 9.51. The first-order chi connectivity index (χ1) is 8.07. The van der Waals surface area contributed by atoms with Crippen LogP contribution in [-0.4, -0.2) is 23.4 Å². The molecule has 3 rings (SSSR count). The Morgan fingerprint density at radius 3 is 2.76 bits per heavy atom. The fourth-order valence-electron chi connectivity index (χ4n) is 1.55. The molecule has 0 spiro atoms. The molecule has 0 aliphatic carbocycles. The third kappa shape index (κ3) is 1.53. The van der Waals surface area contributed by atoms with Gasteiger partial charge in [0.15, 0.2) is 0 Å². The molecule has 1 aliphatic rings. The van der Waals surface area contributed by atoms with Gasteiger partial charge < -0.3 is 8.37 Å². The number of aromatic nitrogens is 3. The van der Waals surface area contributed by atoms with E-state index in [1.165, 1.54) is 4.68 Å². The number of para-hydroxylation sites is 1. The van der Waals surface area contributed by atoms with E-state index in [0.717, 1.165) is 5.56 Å². The highest BCUT2D eigenvalue weighted by Gasteiger charge is 2.35. The van der Waals surface area contributed by atoms with Crippen molar-refractivity contribution >= 4 is 10.4 Å². The van der Waals surface area contributed by atoms with Gasteiger partial charge in [0.2, 0.25) is 0 Å². The van der Waals surface area contributed by atoms with Crippen molar-refractivity contribution in [3.8, 4) is 17.4 Å². The van der Waals surface area contributed by atoms with Crippen LogP contribution >= 0.6 is 0 Å². The van der Waals surface area contributed by atoms with Crippen molar-refractivity contribution in [3.63, 3.8) is 0 Å². The molecular weight excluding hydrogens is 246 g/mol. The molecule has 0 unspecified atom stereocenters. The van der Waals surface area contributed by atoms with Crippen LogP contribution in [0.15, 0.2) is 24.3 Å². The standard InChI is InChI=1S/C9H7N3O4S/c1-6-4-2-3-5-7(6)12-9-8(10-11-12)15-17(13,14)16-9/h2-5H,1H3. The lowest BCUT2D eigenvalue weighted by Crippen LogP contribution is -2.12. The van der Waals surface area contributed by atoms with Crippen molar-refractivity contribution < 1.29 is 16.8 Å². The summed E-state index contributed by atoms with van der Waals surface area (Å²) >= 11 is 0. The number of rotatable bonds is 1. The lowest BCUT2D eigenvalue weighted by molar-refractivity contribution is 0.418. The molecule has 1 aliphatic heterocycles. The van der Waals surface area contributed by atoms with Gasteiger partial charge in [-0.1, -0.05) is 28.5 Å². The van der Waals surface area contributed by atoms with Crippen LogP contribution < -0.4 is 8.37 Å². The van der Waals surface area contributed by atoms with E-state index in [0.29, 0.717) is 5.69 Å². The maximum atomic E-state index is 11.1. The monoisotopic (exact) mass is 253 g/mol. The fraction of sp³-hybridized carbons (Fsp3) is 0.111. The molecule has 88 valence electrons. The van der Waals surface area contributed by atoms with Gasteiger partial charge in [-0.15, -0.1) is 8.42 Å². The number of nitrogens with zero attached hydrogens (tertiary/aromatic N) is 3. The molecule has 2 heterocycles. The Hall–Kier alpha value is -2.09. The van der Waals surface area contributed by atoms with E-state index in [-0.39, 0.29) is 11.8 Å². The summed E-state index contributed by atoms with van der Waals surface area (Å²) in [6.07, 6.45) is 0. The summed E-state index contributed by atoms with van der Waals surface area (Å²) in [7, 11) is -4.03. The zero-order chi connectivity index (χ0) is 12.0. The quantitative estimate of drug-likeness (QED) is 0.739. The summed E-state index contributed by atoms with van der Waals surface area (Å²) < 4.78 is 32.6. The summed E-state index contributed by atoms with van der Waals surface area (Å²) in [5, 5.41) is 7.38. The minimum atomic E-state index is -4.03. The zero-order valence-electron chi connectivity index (χ0n) is 8.69. The van der Waals surface area contributed by atoms with Gasteiger partial charge in [0.05, 0.1) is 5.69 Å². The van der Waals surface area contributed by atoms with Crippen molar-refractivity contribution in [3.05, 3.63) is 29.8 Å². The van der Waals surface area contributed by atoms with Crippen LogP contribution in [0.2, 0.25) is 0 Å². The number of hydrogen-bond donors (Lipinski definition) is 0. The predicted octanol–water partition coefficient (Wildman–Crippen LogP) is 0.592. The molecule has 8 heteroatoms. The Bertz CT molecular complexity index is 692. The highest BCUT2D eigenvalue weighted by molar-refractivity contribution is 7.82. The first kappa shape index (κ1) is 10.1. The lowest BCUT2D eigenvalue weighted by atomic mass is 10.2. The van der Waals surface area contributed by atoms with Crippen LogP contribution in [0, 0.1) is 6.92 Å². The van der Waals surface area contributed by atoms with Crippen LogP contribution in [0.4, 0.5) is 0 Å².